The van der Waals surface area contributed by atoms with Gasteiger partial charge in [-0.25, -0.2) is 9.78 Å². The molecule has 2 N–H and O–H groups in total. The topological polar surface area (TPSA) is 62.2 Å². The lowest BCUT2D eigenvalue weighted by Crippen LogP contribution is -2.21. The van der Waals surface area contributed by atoms with Gasteiger partial charge in [-0.1, -0.05) is 0 Å². The number of hydrogen-bond acceptors (Lipinski definition) is 3. The van der Waals surface area contributed by atoms with Crippen molar-refractivity contribution in [3.8, 4) is 0 Å². The van der Waals surface area contributed by atoms with Gasteiger partial charge in [-0.2, -0.15) is 0 Å². The smallest absolute Gasteiger partial charge is 0.339 e. The molecule has 2 aliphatic carbocycles. The van der Waals surface area contributed by atoms with E-state index in [1.807, 2.05) is 19.9 Å². The highest BCUT2D eigenvalue weighted by Crippen LogP contribution is 2.49. The second-order valence-corrected chi connectivity index (χ2v) is 6.33. The average molecular weight is 274 g/mol. The van der Waals surface area contributed by atoms with E-state index < -0.39 is 5.97 Å². The number of hydrogen-bond donors (Lipinski definition) is 2. The van der Waals surface area contributed by atoms with E-state index in [2.05, 4.69) is 10.3 Å². The molecule has 108 valence electrons. The van der Waals surface area contributed by atoms with Crippen LogP contribution in [-0.2, 0) is 0 Å². The molecule has 2 aliphatic rings. The van der Waals surface area contributed by atoms with Gasteiger partial charge in [-0.05, 0) is 68.9 Å². The number of aryl methyl sites for hydroxylation is 2. The molecule has 0 atom stereocenters. The molecule has 3 rings (SSSR count). The van der Waals surface area contributed by atoms with Gasteiger partial charge < -0.3 is 10.4 Å². The van der Waals surface area contributed by atoms with Crippen molar-refractivity contribution in [3.63, 3.8) is 0 Å². The molecular formula is C16H22N2O2. The predicted molar refractivity (Wildman–Crippen MR) is 78.1 cm³/mol. The molecule has 4 heteroatoms. The van der Waals surface area contributed by atoms with Crippen LogP contribution in [0.2, 0.25) is 0 Å². The maximum atomic E-state index is 11.4. The minimum Gasteiger partial charge on any atom is -0.478 e. The summed E-state index contributed by atoms with van der Waals surface area (Å²) in [6.45, 7) is 4.61. The van der Waals surface area contributed by atoms with Crippen LogP contribution in [0.25, 0.3) is 0 Å². The summed E-state index contributed by atoms with van der Waals surface area (Å²) in [4.78, 5) is 15.8. The van der Waals surface area contributed by atoms with Crippen molar-refractivity contribution < 1.29 is 9.90 Å². The quantitative estimate of drug-likeness (QED) is 0.836. The first-order valence-corrected chi connectivity index (χ1v) is 7.51. The lowest BCUT2D eigenvalue weighted by Gasteiger charge is -2.18. The number of nitrogens with one attached hydrogen (secondary N) is 1. The van der Waals surface area contributed by atoms with Gasteiger partial charge in [0.1, 0.15) is 11.4 Å². The highest BCUT2D eigenvalue weighted by molar-refractivity contribution is 5.94. The Hall–Kier alpha value is -1.58. The number of rotatable bonds is 6. The van der Waals surface area contributed by atoms with Crippen molar-refractivity contribution in [2.75, 3.05) is 11.9 Å². The largest absolute Gasteiger partial charge is 0.478 e. The van der Waals surface area contributed by atoms with Crippen molar-refractivity contribution in [3.05, 3.63) is 22.9 Å². The number of carboxylic acids is 1. The van der Waals surface area contributed by atoms with Crippen LogP contribution >= 0.6 is 0 Å². The molecule has 4 nitrogen and oxygen atoms in total. The normalized spacial score (nSPS) is 18.4. The zero-order chi connectivity index (χ0) is 14.3. The molecule has 0 bridgehead atoms. The first-order chi connectivity index (χ1) is 9.56. The molecule has 1 aromatic heterocycles. The lowest BCUT2D eigenvalue weighted by molar-refractivity contribution is 0.0697. The number of anilines is 1. The van der Waals surface area contributed by atoms with E-state index in [0.717, 1.165) is 29.6 Å². The molecule has 1 aromatic rings. The van der Waals surface area contributed by atoms with Gasteiger partial charge in [0.2, 0.25) is 0 Å². The van der Waals surface area contributed by atoms with E-state index >= 15 is 0 Å². The third kappa shape index (κ3) is 2.79. The van der Waals surface area contributed by atoms with Crippen molar-refractivity contribution in [1.29, 1.82) is 0 Å². The van der Waals surface area contributed by atoms with E-state index in [9.17, 15) is 9.90 Å². The number of aromatic nitrogens is 1. The zero-order valence-corrected chi connectivity index (χ0v) is 12.1. The van der Waals surface area contributed by atoms with Crippen LogP contribution in [0.3, 0.4) is 0 Å². The van der Waals surface area contributed by atoms with Crippen LogP contribution in [0.1, 0.15) is 47.3 Å². The summed E-state index contributed by atoms with van der Waals surface area (Å²) in [7, 11) is 0. The highest BCUT2D eigenvalue weighted by atomic mass is 16.4. The maximum Gasteiger partial charge on any atom is 0.339 e. The summed E-state index contributed by atoms with van der Waals surface area (Å²) in [5.41, 5.74) is 1.97. The van der Waals surface area contributed by atoms with E-state index in [4.69, 9.17) is 0 Å². The summed E-state index contributed by atoms with van der Waals surface area (Å²) in [6, 6.07) is 1.83. The Morgan fingerprint density at radius 2 is 1.95 bits per heavy atom. The number of aromatic carboxylic acids is 1. The molecule has 2 fully saturated rings. The highest BCUT2D eigenvalue weighted by Gasteiger charge is 2.41. The third-order valence-corrected chi connectivity index (χ3v) is 4.52. The van der Waals surface area contributed by atoms with Crippen LogP contribution in [-0.4, -0.2) is 22.6 Å². The van der Waals surface area contributed by atoms with Crippen molar-refractivity contribution >= 4 is 11.8 Å². The molecule has 2 saturated carbocycles. The molecule has 0 amide bonds. The molecule has 0 spiro atoms. The summed E-state index contributed by atoms with van der Waals surface area (Å²) >= 11 is 0. The van der Waals surface area contributed by atoms with Gasteiger partial charge in [0.15, 0.2) is 0 Å². The fourth-order valence-corrected chi connectivity index (χ4v) is 3.22. The van der Waals surface area contributed by atoms with Crippen LogP contribution in [0.5, 0.6) is 0 Å². The van der Waals surface area contributed by atoms with Crippen molar-refractivity contribution in [2.45, 2.75) is 39.5 Å². The maximum absolute atomic E-state index is 11.4. The Morgan fingerprint density at radius 3 is 2.45 bits per heavy atom. The molecule has 0 aliphatic heterocycles. The van der Waals surface area contributed by atoms with E-state index in [1.54, 1.807) is 0 Å². The molecule has 0 radical (unpaired) electrons. The third-order valence-electron chi connectivity index (χ3n) is 4.52. The molecular weight excluding hydrogens is 252 g/mol. The van der Waals surface area contributed by atoms with E-state index in [1.165, 1.54) is 25.7 Å². The van der Waals surface area contributed by atoms with Crippen molar-refractivity contribution in [2.24, 2.45) is 17.8 Å². The van der Waals surface area contributed by atoms with Gasteiger partial charge in [0.25, 0.3) is 0 Å². The van der Waals surface area contributed by atoms with Gasteiger partial charge in [-0.15, -0.1) is 0 Å². The number of nitrogens with zero attached hydrogens (tertiary/aromatic N) is 1. The predicted octanol–water partition coefficient (Wildman–Crippen LogP) is 3.24. The second kappa shape index (κ2) is 5.08. The lowest BCUT2D eigenvalue weighted by atomic mass is 9.98. The average Bonchev–Trinajstić information content (AvgIpc) is 3.23. The molecule has 20 heavy (non-hydrogen) atoms. The fraction of sp³-hybridized carbons (Fsp3) is 0.625. The molecule has 1 heterocycles. The van der Waals surface area contributed by atoms with Gasteiger partial charge in [0.05, 0.1) is 0 Å². The summed E-state index contributed by atoms with van der Waals surface area (Å²) in [5, 5.41) is 12.7. The number of pyridine rings is 1. The first-order valence-electron chi connectivity index (χ1n) is 7.51. The standard InChI is InChI=1S/C16H22N2O2/c1-9-7-10(2)18-15(14(9)16(19)20)17-8-13(11-3-4-11)12-5-6-12/h7,11-13H,3-6,8H2,1-2H3,(H,17,18)(H,19,20). The van der Waals surface area contributed by atoms with E-state index in [-0.39, 0.29) is 0 Å². The summed E-state index contributed by atoms with van der Waals surface area (Å²) < 4.78 is 0. The minimum atomic E-state index is -0.896. The SMILES string of the molecule is Cc1cc(C)c(C(=O)O)c(NCC(C2CC2)C2CC2)n1. The number of carbonyl (C=O) groups is 1. The van der Waals surface area contributed by atoms with E-state index in [0.29, 0.717) is 17.3 Å². The Kier molecular flexibility index (Phi) is 3.40. The molecule has 0 unspecified atom stereocenters. The van der Waals surface area contributed by atoms with Crippen LogP contribution in [0, 0.1) is 31.6 Å². The fourth-order valence-electron chi connectivity index (χ4n) is 3.22. The number of carboxylic acid groups (broad SMARTS) is 1. The minimum absolute atomic E-state index is 0.320. The Morgan fingerprint density at radius 1 is 1.35 bits per heavy atom. The van der Waals surface area contributed by atoms with Crippen molar-refractivity contribution in [1.82, 2.24) is 4.98 Å². The summed E-state index contributed by atoms with van der Waals surface area (Å²) in [5.74, 6) is 2.07. The first kappa shape index (κ1) is 13.4. The summed E-state index contributed by atoms with van der Waals surface area (Å²) in [6.07, 6.45) is 5.37. The van der Waals surface area contributed by atoms with Gasteiger partial charge >= 0.3 is 5.97 Å². The monoisotopic (exact) mass is 274 g/mol. The van der Waals surface area contributed by atoms with Crippen LogP contribution < -0.4 is 5.32 Å². The zero-order valence-electron chi connectivity index (χ0n) is 12.1. The Balaban J connectivity index is 1.77. The van der Waals surface area contributed by atoms with Crippen LogP contribution in [0.4, 0.5) is 5.82 Å². The van der Waals surface area contributed by atoms with Gasteiger partial charge in [0, 0.05) is 12.2 Å². The van der Waals surface area contributed by atoms with Crippen LogP contribution in [0.15, 0.2) is 6.07 Å². The Bertz CT molecular complexity index is 522. The molecule has 0 aromatic carbocycles. The Labute approximate surface area is 119 Å². The second-order valence-electron chi connectivity index (χ2n) is 6.33. The molecule has 0 saturated heterocycles. The van der Waals surface area contributed by atoms with Gasteiger partial charge in [-0.3, -0.25) is 0 Å².